The molecule has 0 bridgehead atoms. The molecule has 0 N–H and O–H groups in total. The van der Waals surface area contributed by atoms with Gasteiger partial charge in [-0.05, 0) is 24.3 Å². The van der Waals surface area contributed by atoms with Crippen molar-refractivity contribution in [2.45, 2.75) is 0 Å². The van der Waals surface area contributed by atoms with Crippen molar-refractivity contribution in [3.05, 3.63) is 58.9 Å². The maximum atomic E-state index is 10.9. The molecule has 4 aromatic rings. The van der Waals surface area contributed by atoms with Crippen LogP contribution >= 0.6 is 0 Å². The first-order valence-electron chi connectivity index (χ1n) is 7.12. The van der Waals surface area contributed by atoms with Gasteiger partial charge >= 0.3 is 0 Å². The van der Waals surface area contributed by atoms with E-state index in [9.17, 15) is 10.1 Å². The van der Waals surface area contributed by atoms with Crippen molar-refractivity contribution in [2.24, 2.45) is 7.05 Å². The third-order valence-electron chi connectivity index (χ3n) is 3.71. The summed E-state index contributed by atoms with van der Waals surface area (Å²) in [7, 11) is 1.92. The van der Waals surface area contributed by atoms with Crippen LogP contribution in [-0.4, -0.2) is 24.6 Å². The molecular weight excluding hydrogens is 310 g/mol. The standard InChI is InChI=1S/C16H11N5O3/c1-20-9-17-13-8-10(5-6-14(13)20)15-18-16(24-19-15)11-3-2-4-12(7-11)21(22)23/h2-9H,1H3. The van der Waals surface area contributed by atoms with E-state index in [0.29, 0.717) is 11.4 Å². The van der Waals surface area contributed by atoms with Crippen molar-refractivity contribution in [2.75, 3.05) is 0 Å². The van der Waals surface area contributed by atoms with Gasteiger partial charge in [0, 0.05) is 30.3 Å². The van der Waals surface area contributed by atoms with E-state index in [0.717, 1.165) is 16.6 Å². The molecule has 0 radical (unpaired) electrons. The summed E-state index contributed by atoms with van der Waals surface area (Å²) in [5, 5.41) is 14.8. The molecule has 0 amide bonds. The van der Waals surface area contributed by atoms with Crippen molar-refractivity contribution in [1.29, 1.82) is 0 Å². The number of benzene rings is 2. The SMILES string of the molecule is Cn1cnc2cc(-c3noc(-c4cccc([N+](=O)[O-])c4)n3)ccc21. The molecule has 0 fully saturated rings. The Morgan fingerprint density at radius 1 is 1.17 bits per heavy atom. The lowest BCUT2D eigenvalue weighted by Crippen LogP contribution is -1.88. The number of nitro groups is 1. The maximum Gasteiger partial charge on any atom is 0.270 e. The van der Waals surface area contributed by atoms with Crippen molar-refractivity contribution in [3.8, 4) is 22.8 Å². The van der Waals surface area contributed by atoms with Gasteiger partial charge in [0.1, 0.15) is 0 Å². The summed E-state index contributed by atoms with van der Waals surface area (Å²) in [6.45, 7) is 0. The van der Waals surface area contributed by atoms with Gasteiger partial charge in [-0.1, -0.05) is 11.2 Å². The summed E-state index contributed by atoms with van der Waals surface area (Å²) >= 11 is 0. The van der Waals surface area contributed by atoms with Crippen LogP contribution in [0.25, 0.3) is 33.9 Å². The maximum absolute atomic E-state index is 10.9. The molecule has 0 aliphatic carbocycles. The van der Waals surface area contributed by atoms with Gasteiger partial charge in [0.2, 0.25) is 5.82 Å². The van der Waals surface area contributed by atoms with Crippen molar-refractivity contribution < 1.29 is 9.45 Å². The molecule has 0 atom stereocenters. The quantitative estimate of drug-likeness (QED) is 0.424. The Morgan fingerprint density at radius 2 is 2.04 bits per heavy atom. The van der Waals surface area contributed by atoms with Crippen LogP contribution in [0.15, 0.2) is 53.3 Å². The van der Waals surface area contributed by atoms with Crippen LogP contribution in [0.4, 0.5) is 5.69 Å². The molecule has 8 heteroatoms. The zero-order valence-corrected chi connectivity index (χ0v) is 12.6. The van der Waals surface area contributed by atoms with Crippen LogP contribution in [0, 0.1) is 10.1 Å². The lowest BCUT2D eigenvalue weighted by atomic mass is 10.2. The highest BCUT2D eigenvalue weighted by Gasteiger charge is 2.14. The first-order valence-corrected chi connectivity index (χ1v) is 7.12. The number of rotatable bonds is 3. The third kappa shape index (κ3) is 2.30. The Balaban J connectivity index is 1.73. The molecule has 0 aliphatic heterocycles. The lowest BCUT2D eigenvalue weighted by Gasteiger charge is -1.96. The van der Waals surface area contributed by atoms with Crippen molar-refractivity contribution >= 4 is 16.7 Å². The number of imidazole rings is 1. The molecule has 24 heavy (non-hydrogen) atoms. The zero-order valence-electron chi connectivity index (χ0n) is 12.6. The summed E-state index contributed by atoms with van der Waals surface area (Å²) in [5.74, 6) is 0.638. The second-order valence-electron chi connectivity index (χ2n) is 5.29. The summed E-state index contributed by atoms with van der Waals surface area (Å²) in [6.07, 6.45) is 1.74. The minimum absolute atomic E-state index is 0.0258. The number of aryl methyl sites for hydroxylation is 1. The highest BCUT2D eigenvalue weighted by atomic mass is 16.6. The van der Waals surface area contributed by atoms with E-state index in [-0.39, 0.29) is 11.6 Å². The van der Waals surface area contributed by atoms with Crippen molar-refractivity contribution in [3.63, 3.8) is 0 Å². The van der Waals surface area contributed by atoms with Gasteiger partial charge < -0.3 is 9.09 Å². The Labute approximate surface area is 135 Å². The molecule has 0 aliphatic rings. The number of nitro benzene ring substituents is 1. The van der Waals surface area contributed by atoms with Gasteiger partial charge in [-0.2, -0.15) is 4.98 Å². The minimum atomic E-state index is -0.463. The molecule has 118 valence electrons. The van der Waals surface area contributed by atoms with E-state index < -0.39 is 4.92 Å². The molecule has 2 aromatic carbocycles. The summed E-state index contributed by atoms with van der Waals surface area (Å²) in [5.41, 5.74) is 3.07. The smallest absolute Gasteiger partial charge is 0.270 e. The predicted molar refractivity (Wildman–Crippen MR) is 86.1 cm³/mol. The Morgan fingerprint density at radius 3 is 2.88 bits per heavy atom. The molecule has 2 heterocycles. The molecule has 0 spiro atoms. The Kier molecular flexibility index (Phi) is 3.09. The number of hydrogen-bond acceptors (Lipinski definition) is 6. The minimum Gasteiger partial charge on any atom is -0.334 e. The molecule has 0 saturated carbocycles. The molecule has 2 aromatic heterocycles. The summed E-state index contributed by atoms with van der Waals surface area (Å²) in [6, 6.07) is 11.8. The van der Waals surface area contributed by atoms with E-state index in [1.165, 1.54) is 12.1 Å². The van der Waals surface area contributed by atoms with Crippen LogP contribution in [-0.2, 0) is 7.05 Å². The van der Waals surface area contributed by atoms with E-state index in [4.69, 9.17) is 4.52 Å². The van der Waals surface area contributed by atoms with Crippen LogP contribution in [0.2, 0.25) is 0 Å². The highest BCUT2D eigenvalue weighted by molar-refractivity contribution is 5.80. The van der Waals surface area contributed by atoms with E-state index in [1.807, 2.05) is 29.8 Å². The number of hydrogen-bond donors (Lipinski definition) is 0. The average Bonchev–Trinajstić information content (AvgIpc) is 3.22. The summed E-state index contributed by atoms with van der Waals surface area (Å²) < 4.78 is 7.17. The van der Waals surface area contributed by atoms with Crippen LogP contribution in [0.1, 0.15) is 0 Å². The topological polar surface area (TPSA) is 99.9 Å². The van der Waals surface area contributed by atoms with Crippen molar-refractivity contribution in [1.82, 2.24) is 19.7 Å². The second kappa shape index (κ2) is 5.27. The molecule has 0 saturated heterocycles. The first-order chi connectivity index (χ1) is 11.6. The van der Waals surface area contributed by atoms with E-state index in [1.54, 1.807) is 18.5 Å². The van der Waals surface area contributed by atoms with Gasteiger partial charge in [-0.15, -0.1) is 0 Å². The van der Waals surface area contributed by atoms with Gasteiger partial charge in [0.15, 0.2) is 0 Å². The van der Waals surface area contributed by atoms with Gasteiger partial charge in [0.05, 0.1) is 22.3 Å². The van der Waals surface area contributed by atoms with Gasteiger partial charge in [-0.25, -0.2) is 4.98 Å². The number of aromatic nitrogens is 4. The van der Waals surface area contributed by atoms with Crippen LogP contribution < -0.4 is 0 Å². The fourth-order valence-corrected chi connectivity index (χ4v) is 2.49. The zero-order chi connectivity index (χ0) is 16.7. The number of nitrogens with zero attached hydrogens (tertiary/aromatic N) is 5. The Bertz CT molecular complexity index is 1070. The van der Waals surface area contributed by atoms with E-state index in [2.05, 4.69) is 15.1 Å². The fraction of sp³-hybridized carbons (Fsp3) is 0.0625. The normalized spacial score (nSPS) is 11.0. The Hall–Kier alpha value is -3.55. The number of non-ortho nitro benzene ring substituents is 1. The largest absolute Gasteiger partial charge is 0.334 e. The lowest BCUT2D eigenvalue weighted by molar-refractivity contribution is -0.384. The molecular formula is C16H11N5O3. The number of fused-ring (bicyclic) bond motifs is 1. The monoisotopic (exact) mass is 321 g/mol. The average molecular weight is 321 g/mol. The van der Waals surface area contributed by atoms with Crippen LogP contribution in [0.5, 0.6) is 0 Å². The molecule has 8 nitrogen and oxygen atoms in total. The third-order valence-corrected chi connectivity index (χ3v) is 3.71. The molecule has 0 unspecified atom stereocenters. The van der Waals surface area contributed by atoms with Crippen LogP contribution in [0.3, 0.4) is 0 Å². The molecule has 4 rings (SSSR count). The predicted octanol–water partition coefficient (Wildman–Crippen LogP) is 3.20. The van der Waals surface area contributed by atoms with Gasteiger partial charge in [0.25, 0.3) is 11.6 Å². The second-order valence-corrected chi connectivity index (χ2v) is 5.29. The fourth-order valence-electron chi connectivity index (χ4n) is 2.49. The van der Waals surface area contributed by atoms with E-state index >= 15 is 0 Å². The highest BCUT2D eigenvalue weighted by Crippen LogP contribution is 2.26. The summed E-state index contributed by atoms with van der Waals surface area (Å²) in [4.78, 5) is 19.0. The first kappa shape index (κ1) is 14.1. The van der Waals surface area contributed by atoms with Gasteiger partial charge in [-0.3, -0.25) is 10.1 Å².